The van der Waals surface area contributed by atoms with Gasteiger partial charge in [0.15, 0.2) is 0 Å². The average Bonchev–Trinajstić information content (AvgIpc) is 3.29. The second-order valence-corrected chi connectivity index (χ2v) is 9.16. The molecule has 2 aliphatic heterocycles. The third kappa shape index (κ3) is 5.34. The lowest BCUT2D eigenvalue weighted by Gasteiger charge is -2.39. The Kier molecular flexibility index (Phi) is 7.76. The van der Waals surface area contributed by atoms with Crippen LogP contribution in [0.5, 0.6) is 0 Å². The Morgan fingerprint density at radius 1 is 1.10 bits per heavy atom. The van der Waals surface area contributed by atoms with E-state index in [2.05, 4.69) is 35.8 Å². The van der Waals surface area contributed by atoms with Crippen molar-refractivity contribution in [2.45, 2.75) is 51.7 Å². The molecule has 0 aromatic carbocycles. The molecule has 2 fully saturated rings. The fraction of sp³-hybridized carbons (Fsp3) is 0.818. The Bertz CT molecular complexity index is 713. The van der Waals surface area contributed by atoms with E-state index in [4.69, 9.17) is 4.74 Å². The number of hydrogen-bond acceptors (Lipinski definition) is 5. The minimum absolute atomic E-state index is 0.129. The molecule has 3 rings (SSSR count). The van der Waals surface area contributed by atoms with Crippen molar-refractivity contribution in [1.29, 1.82) is 0 Å². The normalized spacial score (nSPS) is 20.5. The van der Waals surface area contributed by atoms with Crippen molar-refractivity contribution < 1.29 is 9.53 Å². The van der Waals surface area contributed by atoms with Gasteiger partial charge < -0.3 is 19.4 Å². The van der Waals surface area contributed by atoms with Crippen LogP contribution in [-0.4, -0.2) is 108 Å². The van der Waals surface area contributed by atoms with Gasteiger partial charge in [0.05, 0.1) is 5.69 Å². The highest BCUT2D eigenvalue weighted by molar-refractivity contribution is 5.74. The van der Waals surface area contributed by atoms with Gasteiger partial charge in [-0.25, -0.2) is 4.79 Å². The molecule has 170 valence electrons. The van der Waals surface area contributed by atoms with Crippen LogP contribution in [0.2, 0.25) is 0 Å². The Morgan fingerprint density at radius 3 is 2.40 bits per heavy atom. The summed E-state index contributed by atoms with van der Waals surface area (Å²) in [7, 11) is 7.89. The minimum Gasteiger partial charge on any atom is -0.381 e. The van der Waals surface area contributed by atoms with Crippen molar-refractivity contribution in [3.05, 3.63) is 17.0 Å². The van der Waals surface area contributed by atoms with Crippen molar-refractivity contribution in [3.8, 4) is 0 Å². The molecule has 1 aromatic rings. The lowest BCUT2D eigenvalue weighted by molar-refractivity contribution is 0.0150. The number of carbonyl (C=O) groups excluding carboxylic acids is 1. The smallest absolute Gasteiger partial charge is 0.319 e. The van der Waals surface area contributed by atoms with E-state index >= 15 is 0 Å². The summed E-state index contributed by atoms with van der Waals surface area (Å²) >= 11 is 0. The second kappa shape index (κ2) is 10.1. The van der Waals surface area contributed by atoms with E-state index in [0.29, 0.717) is 12.1 Å². The molecule has 1 unspecified atom stereocenters. The summed E-state index contributed by atoms with van der Waals surface area (Å²) in [5.74, 6) is 0. The number of urea groups is 1. The summed E-state index contributed by atoms with van der Waals surface area (Å²) in [6, 6.07) is 1.12. The van der Waals surface area contributed by atoms with Crippen LogP contribution < -0.4 is 0 Å². The number of hydrogen-bond donors (Lipinski definition) is 0. The number of nitrogens with zero attached hydrogens (tertiary/aromatic N) is 6. The van der Waals surface area contributed by atoms with Crippen molar-refractivity contribution in [2.24, 2.45) is 7.05 Å². The average molecular weight is 421 g/mol. The molecule has 0 aliphatic carbocycles. The molecular weight excluding hydrogens is 380 g/mol. The Hall–Kier alpha value is -1.64. The zero-order valence-electron chi connectivity index (χ0n) is 19.7. The number of likely N-dealkylation sites (N-methyl/N-ethyl adjacent to an activating group) is 1. The fourth-order valence-corrected chi connectivity index (χ4v) is 4.83. The highest BCUT2D eigenvalue weighted by Gasteiger charge is 2.35. The second-order valence-electron chi connectivity index (χ2n) is 9.16. The molecular formula is C22H40N6O2. The lowest BCUT2D eigenvalue weighted by atomic mass is 10.0. The summed E-state index contributed by atoms with van der Waals surface area (Å²) < 4.78 is 7.59. The number of aryl methyl sites for hydroxylation is 2. The predicted octanol–water partition coefficient (Wildman–Crippen LogP) is 1.71. The monoisotopic (exact) mass is 420 g/mol. The van der Waals surface area contributed by atoms with E-state index < -0.39 is 0 Å². The minimum atomic E-state index is 0.129. The van der Waals surface area contributed by atoms with Crippen LogP contribution in [0.15, 0.2) is 0 Å². The summed E-state index contributed by atoms with van der Waals surface area (Å²) in [4.78, 5) is 21.2. The van der Waals surface area contributed by atoms with Crippen LogP contribution in [0.3, 0.4) is 0 Å². The van der Waals surface area contributed by atoms with Crippen LogP contribution in [-0.2, 0) is 18.3 Å². The number of rotatable bonds is 7. The van der Waals surface area contributed by atoms with E-state index in [1.54, 1.807) is 4.90 Å². The molecule has 1 aromatic heterocycles. The summed E-state index contributed by atoms with van der Waals surface area (Å²) in [6.07, 6.45) is 3.23. The highest BCUT2D eigenvalue weighted by atomic mass is 16.5. The molecule has 2 amide bonds. The molecule has 0 saturated carbocycles. The molecule has 30 heavy (non-hydrogen) atoms. The number of amides is 2. The van der Waals surface area contributed by atoms with Gasteiger partial charge >= 0.3 is 6.03 Å². The predicted molar refractivity (Wildman–Crippen MR) is 119 cm³/mol. The molecule has 8 heteroatoms. The summed E-state index contributed by atoms with van der Waals surface area (Å²) in [5.41, 5.74) is 3.70. The Labute approximate surface area is 181 Å². The van der Waals surface area contributed by atoms with Gasteiger partial charge in [0.1, 0.15) is 0 Å². The maximum absolute atomic E-state index is 12.4. The largest absolute Gasteiger partial charge is 0.381 e. The zero-order chi connectivity index (χ0) is 21.8. The van der Waals surface area contributed by atoms with Crippen molar-refractivity contribution in [2.75, 3.05) is 60.5 Å². The van der Waals surface area contributed by atoms with E-state index in [1.807, 2.05) is 30.7 Å². The highest BCUT2D eigenvalue weighted by Crippen LogP contribution is 2.24. The molecule has 0 spiro atoms. The van der Waals surface area contributed by atoms with Gasteiger partial charge in [0.25, 0.3) is 0 Å². The Morgan fingerprint density at radius 2 is 1.80 bits per heavy atom. The molecule has 2 saturated heterocycles. The molecule has 0 bridgehead atoms. The van der Waals surface area contributed by atoms with Crippen LogP contribution in [0.4, 0.5) is 4.79 Å². The van der Waals surface area contributed by atoms with Gasteiger partial charge in [-0.05, 0) is 40.2 Å². The maximum atomic E-state index is 12.4. The van der Waals surface area contributed by atoms with Gasteiger partial charge in [0.2, 0.25) is 0 Å². The number of carbonyl (C=O) groups is 1. The van der Waals surface area contributed by atoms with Gasteiger partial charge in [-0.2, -0.15) is 5.10 Å². The van der Waals surface area contributed by atoms with E-state index in [-0.39, 0.29) is 6.03 Å². The van der Waals surface area contributed by atoms with Crippen molar-refractivity contribution >= 4 is 6.03 Å². The van der Waals surface area contributed by atoms with E-state index in [1.165, 1.54) is 11.3 Å². The van der Waals surface area contributed by atoms with Crippen LogP contribution in [0, 0.1) is 13.8 Å². The first kappa shape index (κ1) is 23.0. The zero-order valence-corrected chi connectivity index (χ0v) is 19.7. The summed E-state index contributed by atoms with van der Waals surface area (Å²) in [5, 5.41) is 4.56. The van der Waals surface area contributed by atoms with Gasteiger partial charge in [-0.3, -0.25) is 9.58 Å². The van der Waals surface area contributed by atoms with Crippen LogP contribution in [0.25, 0.3) is 0 Å². The number of ether oxygens (including phenoxy) is 1. The van der Waals surface area contributed by atoms with Crippen molar-refractivity contribution in [1.82, 2.24) is 29.4 Å². The molecule has 3 heterocycles. The summed E-state index contributed by atoms with van der Waals surface area (Å²) in [6.45, 7) is 10.6. The lowest BCUT2D eigenvalue weighted by Crippen LogP contribution is -2.50. The third-order valence-electron chi connectivity index (χ3n) is 6.77. The molecule has 1 atom stereocenters. The first-order valence-corrected chi connectivity index (χ1v) is 11.2. The molecule has 0 N–H and O–H groups in total. The number of aromatic nitrogens is 2. The SMILES string of the molecule is Cc1nn(C)c(C)c1CN(C)CCN(C1CCOCC1)C1CCN(C(=O)N(C)C)C1. The quantitative estimate of drug-likeness (QED) is 0.672. The fourth-order valence-electron chi connectivity index (χ4n) is 4.83. The van der Waals surface area contributed by atoms with Crippen LogP contribution in [0.1, 0.15) is 36.2 Å². The van der Waals surface area contributed by atoms with Gasteiger partial charge in [0, 0.05) is 90.4 Å². The molecule has 2 aliphatic rings. The standard InChI is InChI=1S/C22H40N6O2/c1-17-21(18(2)26(6)23-17)16-25(5)11-12-28(19-8-13-30-14-9-19)20-7-10-27(15-20)22(29)24(3)4/h19-20H,7-16H2,1-6H3. The topological polar surface area (TPSA) is 57.1 Å². The van der Waals surface area contributed by atoms with E-state index in [0.717, 1.165) is 70.9 Å². The first-order chi connectivity index (χ1) is 14.3. The Balaban J connectivity index is 1.62. The first-order valence-electron chi connectivity index (χ1n) is 11.2. The molecule has 8 nitrogen and oxygen atoms in total. The number of likely N-dealkylation sites (tertiary alicyclic amines) is 1. The maximum Gasteiger partial charge on any atom is 0.319 e. The van der Waals surface area contributed by atoms with E-state index in [9.17, 15) is 4.79 Å². The van der Waals surface area contributed by atoms with Gasteiger partial charge in [-0.15, -0.1) is 0 Å². The molecule has 0 radical (unpaired) electrons. The van der Waals surface area contributed by atoms with Crippen molar-refractivity contribution in [3.63, 3.8) is 0 Å². The van der Waals surface area contributed by atoms with Crippen LogP contribution >= 0.6 is 0 Å². The third-order valence-corrected chi connectivity index (χ3v) is 6.77. The van der Waals surface area contributed by atoms with Gasteiger partial charge in [-0.1, -0.05) is 0 Å².